The van der Waals surface area contributed by atoms with E-state index in [1.807, 2.05) is 0 Å². The van der Waals surface area contributed by atoms with E-state index in [1.54, 1.807) is 42.5 Å². The van der Waals surface area contributed by atoms with E-state index >= 15 is 0 Å². The van der Waals surface area contributed by atoms with Crippen LogP contribution in [0.1, 0.15) is 47.3 Å². The molecule has 5 rings (SSSR count). The number of imide groups is 1. The highest BCUT2D eigenvalue weighted by Crippen LogP contribution is 2.22. The van der Waals surface area contributed by atoms with Crippen molar-refractivity contribution < 1.29 is 33.9 Å². The number of benzene rings is 2. The molecule has 3 aromatic rings. The van der Waals surface area contributed by atoms with Gasteiger partial charge in [-0.15, -0.1) is 0 Å². The van der Waals surface area contributed by atoms with Crippen molar-refractivity contribution >= 4 is 35.4 Å². The molecule has 49 heavy (non-hydrogen) atoms. The first-order valence-electron chi connectivity index (χ1n) is 16.2. The Morgan fingerprint density at radius 1 is 1.02 bits per heavy atom. The standard InChI is InChI=1S/C34H40N8O7/c35-14-4-8-28-31(46)39-26(17-23-19-40(20-38-23)32(47)22-6-2-1-3-7-22)34(49)41-15-5-9-27(41)30(45)37-18-29(44)42(28)33(48)25(36)16-21-10-12-24(43)13-11-21/h1-3,6-7,10-13,19-20,25-28,43H,4-5,8-9,14-18,35-36H2,(H,37,45)(H,39,46)/t25-,26-,27+,28+/m0/s1. The van der Waals surface area contributed by atoms with Crippen LogP contribution < -0.4 is 22.1 Å². The largest absolute Gasteiger partial charge is 0.508 e. The Morgan fingerprint density at radius 2 is 1.76 bits per heavy atom. The average molecular weight is 673 g/mol. The molecule has 2 saturated heterocycles. The van der Waals surface area contributed by atoms with Gasteiger partial charge in [-0.25, -0.2) is 4.98 Å². The van der Waals surface area contributed by atoms with Gasteiger partial charge in [0.2, 0.25) is 29.5 Å². The first-order chi connectivity index (χ1) is 23.6. The van der Waals surface area contributed by atoms with Crippen molar-refractivity contribution in [3.63, 3.8) is 0 Å². The Bertz CT molecular complexity index is 1690. The number of phenolic OH excluding ortho intramolecular Hbond substituents is 1. The maximum Gasteiger partial charge on any atom is 0.263 e. The summed E-state index contributed by atoms with van der Waals surface area (Å²) in [5.74, 6) is -3.91. The zero-order valence-corrected chi connectivity index (χ0v) is 26.9. The maximum absolute atomic E-state index is 14.1. The fraction of sp³-hybridized carbons (Fsp3) is 0.382. The van der Waals surface area contributed by atoms with E-state index in [9.17, 15) is 33.9 Å². The van der Waals surface area contributed by atoms with Crippen molar-refractivity contribution in [3.8, 4) is 5.75 Å². The minimum Gasteiger partial charge on any atom is -0.508 e. The Morgan fingerprint density at radius 3 is 2.47 bits per heavy atom. The molecule has 0 spiro atoms. The highest BCUT2D eigenvalue weighted by molar-refractivity contribution is 6.05. The van der Waals surface area contributed by atoms with Gasteiger partial charge in [0, 0.05) is 24.7 Å². The molecule has 2 aliphatic heterocycles. The van der Waals surface area contributed by atoms with E-state index in [1.165, 1.54) is 34.1 Å². The molecule has 0 unspecified atom stereocenters. The Kier molecular flexibility index (Phi) is 11.2. The summed E-state index contributed by atoms with van der Waals surface area (Å²) in [7, 11) is 0. The minimum absolute atomic E-state index is 0.0109. The van der Waals surface area contributed by atoms with Gasteiger partial charge in [-0.3, -0.25) is 38.2 Å². The van der Waals surface area contributed by atoms with Crippen LogP contribution in [0.15, 0.2) is 67.1 Å². The third-order valence-electron chi connectivity index (χ3n) is 8.68. The molecule has 2 aliphatic rings. The number of carbonyl (C=O) groups is 6. The van der Waals surface area contributed by atoms with Crippen LogP contribution in [0.25, 0.3) is 0 Å². The summed E-state index contributed by atoms with van der Waals surface area (Å²) in [6, 6.07) is 9.76. The highest BCUT2D eigenvalue weighted by Gasteiger charge is 2.42. The molecule has 1 aromatic heterocycles. The van der Waals surface area contributed by atoms with Crippen LogP contribution in [-0.4, -0.2) is 104 Å². The smallest absolute Gasteiger partial charge is 0.263 e. The van der Waals surface area contributed by atoms with Gasteiger partial charge in [0.05, 0.1) is 18.3 Å². The number of fused-ring (bicyclic) bond motifs is 1. The number of hydrogen-bond donors (Lipinski definition) is 5. The molecule has 0 aliphatic carbocycles. The first-order valence-corrected chi connectivity index (χ1v) is 16.2. The summed E-state index contributed by atoms with van der Waals surface area (Å²) < 4.78 is 1.27. The van der Waals surface area contributed by atoms with Crippen LogP contribution in [0.5, 0.6) is 5.75 Å². The number of imidazole rings is 1. The summed E-state index contributed by atoms with van der Waals surface area (Å²) in [6.07, 6.45) is 3.70. The van der Waals surface area contributed by atoms with E-state index < -0.39 is 60.2 Å². The summed E-state index contributed by atoms with van der Waals surface area (Å²) in [4.78, 5) is 88.5. The number of aromatic hydroxyl groups is 1. The fourth-order valence-electron chi connectivity index (χ4n) is 6.15. The van der Waals surface area contributed by atoms with Gasteiger partial charge in [0.15, 0.2) is 0 Å². The number of nitrogens with two attached hydrogens (primary N) is 2. The number of amides is 5. The topological polar surface area (TPSA) is 223 Å². The predicted molar refractivity (Wildman–Crippen MR) is 175 cm³/mol. The lowest BCUT2D eigenvalue weighted by atomic mass is 10.0. The van der Waals surface area contributed by atoms with Gasteiger partial charge in [-0.2, -0.15) is 0 Å². The summed E-state index contributed by atoms with van der Waals surface area (Å²) >= 11 is 0. The second-order valence-corrected chi connectivity index (χ2v) is 12.1. The summed E-state index contributed by atoms with van der Waals surface area (Å²) in [5.41, 5.74) is 13.4. The van der Waals surface area contributed by atoms with Gasteiger partial charge in [0.25, 0.3) is 5.91 Å². The molecule has 2 aromatic carbocycles. The third-order valence-corrected chi connectivity index (χ3v) is 8.68. The molecule has 258 valence electrons. The predicted octanol–water partition coefficient (Wildman–Crippen LogP) is -0.542. The Hall–Kier alpha value is -5.41. The van der Waals surface area contributed by atoms with Crippen molar-refractivity contribution in [1.82, 2.24) is 30.0 Å². The van der Waals surface area contributed by atoms with Crippen LogP contribution in [-0.2, 0) is 36.8 Å². The van der Waals surface area contributed by atoms with Gasteiger partial charge in [0.1, 0.15) is 30.2 Å². The highest BCUT2D eigenvalue weighted by atomic mass is 16.3. The van der Waals surface area contributed by atoms with Crippen molar-refractivity contribution in [2.75, 3.05) is 19.6 Å². The SMILES string of the molecule is NCCC[C@@H]1C(=O)N[C@@H](Cc2cn(C(=O)c3ccccc3)cn2)C(=O)N2CCC[C@@H]2C(=O)NCC(=O)N1C(=O)[C@@H](N)Cc1ccc(O)cc1. The van der Waals surface area contributed by atoms with Crippen molar-refractivity contribution in [2.24, 2.45) is 11.5 Å². The summed E-state index contributed by atoms with van der Waals surface area (Å²) in [6.45, 7) is -0.204. The van der Waals surface area contributed by atoms with Crippen LogP contribution in [0.2, 0.25) is 0 Å². The molecule has 0 saturated carbocycles. The van der Waals surface area contributed by atoms with E-state index in [0.717, 1.165) is 4.90 Å². The van der Waals surface area contributed by atoms with Crippen LogP contribution in [0, 0.1) is 0 Å². The van der Waals surface area contributed by atoms with Crippen LogP contribution >= 0.6 is 0 Å². The second-order valence-electron chi connectivity index (χ2n) is 12.1. The Labute approximate surface area is 282 Å². The van der Waals surface area contributed by atoms with E-state index in [4.69, 9.17) is 11.5 Å². The molecule has 15 heteroatoms. The normalized spacial score (nSPS) is 20.9. The molecular weight excluding hydrogens is 632 g/mol. The van der Waals surface area contributed by atoms with Gasteiger partial charge in [-0.1, -0.05) is 30.3 Å². The molecule has 3 heterocycles. The summed E-state index contributed by atoms with van der Waals surface area (Å²) in [5, 5.41) is 14.9. The molecule has 4 atom stereocenters. The quantitative estimate of drug-likeness (QED) is 0.195. The lowest BCUT2D eigenvalue weighted by Gasteiger charge is -2.35. The zero-order chi connectivity index (χ0) is 35.1. The fourth-order valence-corrected chi connectivity index (χ4v) is 6.15. The lowest BCUT2D eigenvalue weighted by molar-refractivity contribution is -0.154. The number of aromatic nitrogens is 2. The maximum atomic E-state index is 14.1. The molecule has 2 fully saturated rings. The van der Waals surface area contributed by atoms with E-state index in [0.29, 0.717) is 29.7 Å². The van der Waals surface area contributed by atoms with Gasteiger partial charge in [-0.05, 0) is 68.5 Å². The third kappa shape index (κ3) is 8.18. The number of carbonyl (C=O) groups excluding carboxylic acids is 6. The number of hydrogen-bond acceptors (Lipinski definition) is 10. The first kappa shape index (κ1) is 34.9. The molecule has 5 amide bonds. The monoisotopic (exact) mass is 672 g/mol. The number of phenols is 1. The molecular formula is C34H40N8O7. The molecule has 15 nitrogen and oxygen atoms in total. The second kappa shape index (κ2) is 15.7. The average Bonchev–Trinajstić information content (AvgIpc) is 3.79. The number of nitrogens with zero attached hydrogens (tertiary/aromatic N) is 4. The van der Waals surface area contributed by atoms with Gasteiger partial charge < -0.3 is 32.1 Å². The Balaban J connectivity index is 1.46. The van der Waals surface area contributed by atoms with Crippen molar-refractivity contribution in [2.45, 2.75) is 62.7 Å². The zero-order valence-electron chi connectivity index (χ0n) is 26.9. The van der Waals surface area contributed by atoms with Crippen LogP contribution in [0.3, 0.4) is 0 Å². The number of nitrogens with one attached hydrogen (secondary N) is 2. The van der Waals surface area contributed by atoms with E-state index in [2.05, 4.69) is 15.6 Å². The molecule has 7 N–H and O–H groups in total. The lowest BCUT2D eigenvalue weighted by Crippen LogP contribution is -2.63. The van der Waals surface area contributed by atoms with Crippen molar-refractivity contribution in [1.29, 1.82) is 0 Å². The van der Waals surface area contributed by atoms with E-state index in [-0.39, 0.29) is 50.4 Å². The van der Waals surface area contributed by atoms with Gasteiger partial charge >= 0.3 is 0 Å². The van der Waals surface area contributed by atoms with Crippen molar-refractivity contribution in [3.05, 3.63) is 83.9 Å². The molecule has 0 bridgehead atoms. The molecule has 0 radical (unpaired) electrons. The minimum atomic E-state index is -1.41. The van der Waals surface area contributed by atoms with Crippen LogP contribution in [0.4, 0.5) is 0 Å². The number of rotatable bonds is 9.